The number of allylic oxidation sites excluding steroid dienone is 1. The Hall–Kier alpha value is -3.73. The highest BCUT2D eigenvalue weighted by Crippen LogP contribution is 2.62. The number of halogens is 1. The first kappa shape index (κ1) is 45.4. The molecule has 1 saturated carbocycles. The van der Waals surface area contributed by atoms with Crippen molar-refractivity contribution in [3.05, 3.63) is 83.7 Å². The molecule has 9 nitrogen and oxygen atoms in total. The van der Waals surface area contributed by atoms with Gasteiger partial charge in [-0.05, 0) is 92.3 Å². The second kappa shape index (κ2) is 23.2. The highest BCUT2D eigenvalue weighted by Gasteiger charge is 2.65. The number of fused-ring (bicyclic) bond motifs is 2. The number of hydrogen-bond acceptors (Lipinski definition) is 8. The van der Waals surface area contributed by atoms with Crippen LogP contribution in [0.1, 0.15) is 140 Å². The zero-order valence-corrected chi connectivity index (χ0v) is 35.1. The van der Waals surface area contributed by atoms with Crippen LogP contribution in [0.2, 0.25) is 0 Å². The second-order valence-electron chi connectivity index (χ2n) is 16.4. The molecule has 6 atom stereocenters. The van der Waals surface area contributed by atoms with Gasteiger partial charge in [0.15, 0.2) is 0 Å². The van der Waals surface area contributed by atoms with Gasteiger partial charge >= 0.3 is 0 Å². The molecule has 1 amide bonds. The molecule has 6 unspecified atom stereocenters. The number of amides is 1. The largest absolute Gasteiger partial charge is 0.508 e. The van der Waals surface area contributed by atoms with Gasteiger partial charge in [0.05, 0.1) is 18.2 Å². The number of nitrogens with zero attached hydrogens (tertiary/aromatic N) is 2. The van der Waals surface area contributed by atoms with Crippen molar-refractivity contribution in [2.75, 3.05) is 26.4 Å². The van der Waals surface area contributed by atoms with Crippen LogP contribution >= 0.6 is 0 Å². The fourth-order valence-corrected chi connectivity index (χ4v) is 9.69. The molecule has 0 aromatic heterocycles. The molecule has 0 radical (unpaired) electrons. The van der Waals surface area contributed by atoms with E-state index >= 15 is 0 Å². The van der Waals surface area contributed by atoms with E-state index in [2.05, 4.69) is 19.6 Å². The third-order valence-electron chi connectivity index (χ3n) is 12.4. The average Bonchev–Trinajstić information content (AvgIpc) is 3.22. The molecule has 3 N–H and O–H groups in total. The monoisotopic (exact) mass is 805 g/mol. The Morgan fingerprint density at radius 1 is 0.948 bits per heavy atom. The molecule has 0 saturated heterocycles. The van der Waals surface area contributed by atoms with Crippen LogP contribution in [0.25, 0.3) is 0 Å². The minimum Gasteiger partial charge on any atom is -0.508 e. The number of phenols is 1. The number of hydrogen-bond donors (Lipinski definition) is 3. The summed E-state index contributed by atoms with van der Waals surface area (Å²) in [7, 11) is 0. The molecule has 58 heavy (non-hydrogen) atoms. The first-order chi connectivity index (χ1) is 28.3. The lowest BCUT2D eigenvalue weighted by atomic mass is 9.55. The number of carbonyl (C=O) groups excluding carboxylic acids is 1. The summed E-state index contributed by atoms with van der Waals surface area (Å²) in [5, 5.41) is 35.4. The molecular formula is C48H69FN2O7. The van der Waals surface area contributed by atoms with Crippen LogP contribution in [0.5, 0.6) is 11.5 Å². The number of ether oxygens (including phenoxy) is 2. The Bertz CT molecular complexity index is 1650. The Balaban J connectivity index is 1.63. The van der Waals surface area contributed by atoms with E-state index in [1.165, 1.54) is 44.2 Å². The summed E-state index contributed by atoms with van der Waals surface area (Å²) in [6, 6.07) is 10.9. The molecular weight excluding hydrogens is 736 g/mol. The maximum absolute atomic E-state index is 14.9. The highest BCUT2D eigenvalue weighted by atomic mass is 19.1. The van der Waals surface area contributed by atoms with E-state index in [1.54, 1.807) is 36.4 Å². The summed E-state index contributed by atoms with van der Waals surface area (Å²) in [5.41, 5.74) is 3.34. The Kier molecular flexibility index (Phi) is 18.1. The summed E-state index contributed by atoms with van der Waals surface area (Å²) in [6.07, 6.45) is 19.5. The van der Waals surface area contributed by atoms with Crippen LogP contribution in [-0.4, -0.2) is 70.1 Å². The number of oxime groups is 1. The summed E-state index contributed by atoms with van der Waals surface area (Å²) in [4.78, 5) is 22.6. The van der Waals surface area contributed by atoms with Gasteiger partial charge in [0.25, 0.3) is 0 Å². The van der Waals surface area contributed by atoms with Crippen molar-refractivity contribution in [2.45, 2.75) is 147 Å². The number of phenolic OH excluding ortho intramolecular Hbond substituents is 1. The van der Waals surface area contributed by atoms with E-state index in [9.17, 15) is 24.5 Å². The van der Waals surface area contributed by atoms with Gasteiger partial charge in [-0.15, -0.1) is 6.58 Å². The minimum atomic E-state index is -1.39. The Labute approximate surface area is 346 Å². The summed E-state index contributed by atoms with van der Waals surface area (Å²) < 4.78 is 28.5. The Morgan fingerprint density at radius 3 is 2.31 bits per heavy atom. The fraction of sp³-hybridized carbons (Fsp3) is 0.625. The van der Waals surface area contributed by atoms with Gasteiger partial charge in [0, 0.05) is 44.1 Å². The molecule has 2 aromatic rings. The smallest absolute Gasteiger partial charge is 0.239 e. The zero-order valence-electron chi connectivity index (χ0n) is 35.1. The zero-order chi connectivity index (χ0) is 41.3. The van der Waals surface area contributed by atoms with E-state index in [-0.39, 0.29) is 61.6 Å². The lowest BCUT2D eigenvalue weighted by Gasteiger charge is -2.60. The second-order valence-corrected chi connectivity index (χ2v) is 16.4. The highest BCUT2D eigenvalue weighted by molar-refractivity contribution is 6.03. The van der Waals surface area contributed by atoms with Crippen LogP contribution in [0, 0.1) is 23.6 Å². The summed E-state index contributed by atoms with van der Waals surface area (Å²) in [5.74, 6) is -1.55. The standard InChI is InChI=1S/C48H69FN2O7/c1-4-7-8-9-10-11-12-13-14-21-45(55)51(34-35-22-24-37(49)25-23-35)44-33-42(50-57-6-3)40-31-36(19-15-17-28-52)39(20-16-18-29-53)46-41-32-38(54)26-27-43(41)58-48(44,47(40)46)56-30-5-2/h5,22-27,31-32,36,39,44,46-47,52-54H,2,4,6-21,28-30,33-34H2,1,3H3. The number of aliphatic hydroxyl groups excluding tert-OH is 2. The van der Waals surface area contributed by atoms with Crippen LogP contribution in [-0.2, 0) is 20.9 Å². The first-order valence-electron chi connectivity index (χ1n) is 22.2. The molecule has 2 aromatic carbocycles. The molecule has 0 spiro atoms. The quantitative estimate of drug-likeness (QED) is 0.0492. The third-order valence-corrected chi connectivity index (χ3v) is 12.4. The topological polar surface area (TPSA) is 121 Å². The number of carbonyl (C=O) groups is 1. The average molecular weight is 805 g/mol. The summed E-state index contributed by atoms with van der Waals surface area (Å²) in [6.45, 7) is 9.09. The molecule has 1 heterocycles. The van der Waals surface area contributed by atoms with Gasteiger partial charge in [-0.3, -0.25) is 4.79 Å². The van der Waals surface area contributed by atoms with E-state index in [4.69, 9.17) is 19.5 Å². The van der Waals surface area contributed by atoms with Crippen molar-refractivity contribution in [1.29, 1.82) is 0 Å². The van der Waals surface area contributed by atoms with Crippen LogP contribution in [0.4, 0.5) is 4.39 Å². The van der Waals surface area contributed by atoms with Crippen molar-refractivity contribution >= 4 is 11.6 Å². The minimum absolute atomic E-state index is 0.0316. The van der Waals surface area contributed by atoms with Gasteiger partial charge in [-0.25, -0.2) is 4.39 Å². The summed E-state index contributed by atoms with van der Waals surface area (Å²) >= 11 is 0. The van der Waals surface area contributed by atoms with Gasteiger partial charge in [0.2, 0.25) is 11.7 Å². The van der Waals surface area contributed by atoms with Crippen molar-refractivity contribution < 1.29 is 38.8 Å². The number of aromatic hydroxyl groups is 1. The fourth-order valence-electron chi connectivity index (χ4n) is 9.69. The maximum Gasteiger partial charge on any atom is 0.239 e. The normalized spacial score (nSPS) is 24.1. The molecule has 0 bridgehead atoms. The lowest BCUT2D eigenvalue weighted by molar-refractivity contribution is -0.258. The predicted octanol–water partition coefficient (Wildman–Crippen LogP) is 10.1. The lowest BCUT2D eigenvalue weighted by Crippen LogP contribution is -2.70. The van der Waals surface area contributed by atoms with Crippen molar-refractivity contribution in [1.82, 2.24) is 4.90 Å². The number of rotatable bonds is 26. The SMILES string of the molecule is C=CCOC12Oc3ccc(O)cc3C3C(CCCCO)C(CCCCO)C=C(C(=NOCC)CC1N(Cc1ccc(F)cc1)C(=O)CCCCCCCCCCC)C32. The van der Waals surface area contributed by atoms with E-state index < -0.39 is 17.7 Å². The molecule has 1 fully saturated rings. The van der Waals surface area contributed by atoms with E-state index in [1.807, 2.05) is 11.8 Å². The molecule has 3 aliphatic rings. The number of benzene rings is 2. The third kappa shape index (κ3) is 11.3. The number of aliphatic hydroxyl groups is 2. The molecule has 2 aliphatic carbocycles. The number of unbranched alkanes of at least 4 members (excludes halogenated alkanes) is 10. The van der Waals surface area contributed by atoms with Gasteiger partial charge in [-0.2, -0.15) is 0 Å². The van der Waals surface area contributed by atoms with E-state index in [0.717, 1.165) is 73.8 Å². The van der Waals surface area contributed by atoms with Crippen molar-refractivity contribution in [3.8, 4) is 11.5 Å². The first-order valence-corrected chi connectivity index (χ1v) is 22.2. The van der Waals surface area contributed by atoms with Gasteiger partial charge in [0.1, 0.15) is 30.0 Å². The van der Waals surface area contributed by atoms with E-state index in [0.29, 0.717) is 38.0 Å². The Morgan fingerprint density at radius 2 is 1.64 bits per heavy atom. The molecule has 5 rings (SSSR count). The van der Waals surface area contributed by atoms with Crippen LogP contribution in [0.3, 0.4) is 0 Å². The predicted molar refractivity (Wildman–Crippen MR) is 227 cm³/mol. The van der Waals surface area contributed by atoms with Crippen LogP contribution < -0.4 is 4.74 Å². The van der Waals surface area contributed by atoms with Crippen molar-refractivity contribution in [2.24, 2.45) is 22.9 Å². The molecule has 10 heteroatoms. The molecule has 1 aliphatic heterocycles. The van der Waals surface area contributed by atoms with Crippen molar-refractivity contribution in [3.63, 3.8) is 0 Å². The maximum atomic E-state index is 14.9. The van der Waals surface area contributed by atoms with Gasteiger partial charge in [-0.1, -0.05) is 101 Å². The molecule has 320 valence electrons. The van der Waals surface area contributed by atoms with Crippen LogP contribution in [0.15, 0.2) is 71.9 Å². The van der Waals surface area contributed by atoms with Gasteiger partial charge < -0.3 is 34.5 Å².